The van der Waals surface area contributed by atoms with E-state index in [1.807, 2.05) is 13.8 Å². The average molecular weight is 256 g/mol. The van der Waals surface area contributed by atoms with Crippen LogP contribution in [0.4, 0.5) is 10.2 Å². The maximum Gasteiger partial charge on any atom is 0.338 e. The summed E-state index contributed by atoms with van der Waals surface area (Å²) in [6.07, 6.45) is 1.68. The number of rotatable bonds is 6. The van der Waals surface area contributed by atoms with Crippen molar-refractivity contribution < 1.29 is 19.4 Å². The molecule has 0 fully saturated rings. The Balaban J connectivity index is 2.96. The first-order valence-electron chi connectivity index (χ1n) is 5.72. The van der Waals surface area contributed by atoms with Gasteiger partial charge in [-0.3, -0.25) is 0 Å². The van der Waals surface area contributed by atoms with Gasteiger partial charge in [-0.15, -0.1) is 0 Å². The smallest absolute Gasteiger partial charge is 0.338 e. The van der Waals surface area contributed by atoms with Crippen LogP contribution in [0.5, 0.6) is 0 Å². The molecule has 1 unspecified atom stereocenters. The number of aromatic nitrogens is 1. The Morgan fingerprint density at radius 3 is 2.72 bits per heavy atom. The maximum absolute atomic E-state index is 13.8. The molecule has 1 heterocycles. The van der Waals surface area contributed by atoms with Crippen LogP contribution in [0.15, 0.2) is 12.3 Å². The lowest BCUT2D eigenvalue weighted by Crippen LogP contribution is -2.28. The largest absolute Gasteiger partial charge is 0.478 e. The van der Waals surface area contributed by atoms with Gasteiger partial charge in [-0.05, 0) is 18.4 Å². The Kier molecular flexibility index (Phi) is 5.03. The zero-order valence-corrected chi connectivity index (χ0v) is 10.4. The van der Waals surface area contributed by atoms with Crippen LogP contribution < -0.4 is 5.32 Å². The Morgan fingerprint density at radius 2 is 2.22 bits per heavy atom. The van der Waals surface area contributed by atoms with Gasteiger partial charge in [0.1, 0.15) is 5.56 Å². The molecule has 6 heteroatoms. The third-order valence-electron chi connectivity index (χ3n) is 2.69. The summed E-state index contributed by atoms with van der Waals surface area (Å²) in [4.78, 5) is 14.6. The molecule has 0 aromatic carbocycles. The number of carbonyl (C=O) groups is 1. The molecule has 0 spiro atoms. The predicted molar refractivity (Wildman–Crippen MR) is 65.1 cm³/mol. The van der Waals surface area contributed by atoms with E-state index in [0.717, 1.165) is 6.07 Å². The number of carboxylic acids is 1. The van der Waals surface area contributed by atoms with Crippen molar-refractivity contribution in [1.29, 1.82) is 0 Å². The van der Waals surface area contributed by atoms with Crippen LogP contribution in [0, 0.1) is 11.7 Å². The summed E-state index contributed by atoms with van der Waals surface area (Å²) >= 11 is 0. The summed E-state index contributed by atoms with van der Waals surface area (Å²) in [6.45, 7) is 3.81. The van der Waals surface area contributed by atoms with Crippen molar-refractivity contribution in [2.75, 3.05) is 11.9 Å². The number of nitrogens with one attached hydrogen (secondary N) is 1. The molecule has 100 valence electrons. The number of pyridine rings is 1. The van der Waals surface area contributed by atoms with E-state index in [9.17, 15) is 9.18 Å². The highest BCUT2D eigenvalue weighted by atomic mass is 19.1. The van der Waals surface area contributed by atoms with E-state index in [1.54, 1.807) is 0 Å². The molecule has 0 saturated carbocycles. The lowest BCUT2D eigenvalue weighted by molar-refractivity contribution is 0.0691. The first-order chi connectivity index (χ1) is 8.47. The van der Waals surface area contributed by atoms with Crippen molar-refractivity contribution in [2.24, 2.45) is 5.92 Å². The lowest BCUT2D eigenvalue weighted by Gasteiger charge is -2.22. The van der Waals surface area contributed by atoms with Gasteiger partial charge in [0.25, 0.3) is 0 Å². The van der Waals surface area contributed by atoms with Crippen LogP contribution >= 0.6 is 0 Å². The predicted octanol–water partition coefficient (Wildman–Crippen LogP) is 1.74. The van der Waals surface area contributed by atoms with Gasteiger partial charge in [0.15, 0.2) is 11.6 Å². The van der Waals surface area contributed by atoms with Gasteiger partial charge < -0.3 is 15.5 Å². The number of aliphatic hydroxyl groups is 1. The fraction of sp³-hybridized carbons (Fsp3) is 0.500. The van der Waals surface area contributed by atoms with Crippen LogP contribution in [0.2, 0.25) is 0 Å². The zero-order chi connectivity index (χ0) is 13.7. The molecular formula is C12H17FN2O3. The summed E-state index contributed by atoms with van der Waals surface area (Å²) < 4.78 is 13.8. The van der Waals surface area contributed by atoms with Gasteiger partial charge in [0, 0.05) is 18.8 Å². The van der Waals surface area contributed by atoms with Crippen LogP contribution in [-0.4, -0.2) is 33.8 Å². The maximum atomic E-state index is 13.8. The molecule has 0 saturated heterocycles. The van der Waals surface area contributed by atoms with Gasteiger partial charge in [0.2, 0.25) is 0 Å². The van der Waals surface area contributed by atoms with Gasteiger partial charge in [-0.25, -0.2) is 14.2 Å². The van der Waals surface area contributed by atoms with E-state index in [2.05, 4.69) is 10.3 Å². The molecule has 0 aliphatic carbocycles. The Morgan fingerprint density at radius 1 is 1.56 bits per heavy atom. The molecule has 18 heavy (non-hydrogen) atoms. The molecular weight excluding hydrogens is 239 g/mol. The second-order valence-electron chi connectivity index (χ2n) is 4.33. The summed E-state index contributed by atoms with van der Waals surface area (Å²) in [5.74, 6) is -2.15. The number of hydrogen-bond donors (Lipinski definition) is 3. The normalized spacial score (nSPS) is 12.5. The summed E-state index contributed by atoms with van der Waals surface area (Å²) in [5, 5.41) is 20.6. The van der Waals surface area contributed by atoms with Crippen molar-refractivity contribution in [1.82, 2.24) is 4.98 Å². The van der Waals surface area contributed by atoms with Crippen LogP contribution in [0.3, 0.4) is 0 Å². The molecule has 0 radical (unpaired) electrons. The van der Waals surface area contributed by atoms with E-state index >= 15 is 0 Å². The fourth-order valence-electron chi connectivity index (χ4n) is 1.60. The minimum atomic E-state index is -1.33. The topological polar surface area (TPSA) is 82.5 Å². The first kappa shape index (κ1) is 14.4. The molecule has 3 N–H and O–H groups in total. The van der Waals surface area contributed by atoms with Crippen molar-refractivity contribution in [2.45, 2.75) is 26.3 Å². The number of nitrogens with zero attached hydrogens (tertiary/aromatic N) is 1. The highest BCUT2D eigenvalue weighted by molar-refractivity contribution is 5.88. The SMILES string of the molecule is CC(C)C(CCO)Nc1nccc(C(=O)O)c1F. The third-order valence-corrected chi connectivity index (χ3v) is 2.69. The van der Waals surface area contributed by atoms with Crippen LogP contribution in [-0.2, 0) is 0 Å². The number of halogens is 1. The molecule has 0 bridgehead atoms. The zero-order valence-electron chi connectivity index (χ0n) is 10.4. The fourth-order valence-corrected chi connectivity index (χ4v) is 1.60. The Hall–Kier alpha value is -1.69. The van der Waals surface area contributed by atoms with Crippen LogP contribution in [0.25, 0.3) is 0 Å². The summed E-state index contributed by atoms with van der Waals surface area (Å²) in [5.41, 5.74) is -0.418. The summed E-state index contributed by atoms with van der Waals surface area (Å²) in [6, 6.07) is 0.945. The minimum absolute atomic E-state index is 0.0317. The van der Waals surface area contributed by atoms with E-state index in [-0.39, 0.29) is 24.4 Å². The molecule has 0 aliphatic heterocycles. The number of aliphatic hydroxyl groups excluding tert-OH is 1. The quantitative estimate of drug-likeness (QED) is 0.722. The number of hydrogen-bond acceptors (Lipinski definition) is 4. The van der Waals surface area contributed by atoms with Crippen molar-refractivity contribution in [3.05, 3.63) is 23.6 Å². The molecule has 1 aromatic heterocycles. The number of carboxylic acid groups (broad SMARTS) is 1. The molecule has 1 atom stereocenters. The standard InChI is InChI=1S/C12H17FN2O3/c1-7(2)9(4-6-16)15-11-10(13)8(12(17)18)3-5-14-11/h3,5,7,9,16H,4,6H2,1-2H3,(H,14,15)(H,17,18). The monoisotopic (exact) mass is 256 g/mol. The number of aromatic carboxylic acids is 1. The van der Waals surface area contributed by atoms with E-state index < -0.39 is 17.3 Å². The van der Waals surface area contributed by atoms with Crippen molar-refractivity contribution >= 4 is 11.8 Å². The first-order valence-corrected chi connectivity index (χ1v) is 5.72. The second kappa shape index (κ2) is 6.30. The Labute approximate surface area is 105 Å². The van der Waals surface area contributed by atoms with Gasteiger partial charge >= 0.3 is 5.97 Å². The Bertz CT molecular complexity index is 424. The van der Waals surface area contributed by atoms with Gasteiger partial charge in [0.05, 0.1) is 0 Å². The van der Waals surface area contributed by atoms with Crippen LogP contribution in [0.1, 0.15) is 30.6 Å². The van der Waals surface area contributed by atoms with Crippen molar-refractivity contribution in [3.8, 4) is 0 Å². The van der Waals surface area contributed by atoms with E-state index in [4.69, 9.17) is 10.2 Å². The third kappa shape index (κ3) is 3.40. The lowest BCUT2D eigenvalue weighted by atomic mass is 10.0. The average Bonchev–Trinajstić information content (AvgIpc) is 2.30. The molecule has 5 nitrogen and oxygen atoms in total. The van der Waals surface area contributed by atoms with Crippen molar-refractivity contribution in [3.63, 3.8) is 0 Å². The highest BCUT2D eigenvalue weighted by Gasteiger charge is 2.19. The van der Waals surface area contributed by atoms with E-state index in [0.29, 0.717) is 6.42 Å². The number of anilines is 1. The van der Waals surface area contributed by atoms with E-state index in [1.165, 1.54) is 6.20 Å². The molecule has 0 amide bonds. The van der Waals surface area contributed by atoms with Gasteiger partial charge in [-0.2, -0.15) is 0 Å². The second-order valence-corrected chi connectivity index (χ2v) is 4.33. The molecule has 0 aliphatic rings. The molecule has 1 rings (SSSR count). The minimum Gasteiger partial charge on any atom is -0.478 e. The molecule has 1 aromatic rings. The highest BCUT2D eigenvalue weighted by Crippen LogP contribution is 2.19. The summed E-state index contributed by atoms with van der Waals surface area (Å²) in [7, 11) is 0. The van der Waals surface area contributed by atoms with Gasteiger partial charge in [-0.1, -0.05) is 13.8 Å².